The number of hydrogen-bond acceptors (Lipinski definition) is 4. The first-order chi connectivity index (χ1) is 14.6. The summed E-state index contributed by atoms with van der Waals surface area (Å²) in [6, 6.07) is 20.6. The van der Waals surface area contributed by atoms with Gasteiger partial charge in [0.1, 0.15) is 6.61 Å². The van der Waals surface area contributed by atoms with Gasteiger partial charge in [-0.25, -0.2) is 5.43 Å². The highest BCUT2D eigenvalue weighted by atomic mass is 35.5. The van der Waals surface area contributed by atoms with Gasteiger partial charge in [-0.3, -0.25) is 4.79 Å². The van der Waals surface area contributed by atoms with Crippen molar-refractivity contribution in [2.45, 2.75) is 20.5 Å². The number of aryl methyl sites for hydroxylation is 1. The van der Waals surface area contributed by atoms with Gasteiger partial charge >= 0.3 is 0 Å². The Morgan fingerprint density at radius 1 is 1.03 bits per heavy atom. The predicted molar refractivity (Wildman–Crippen MR) is 120 cm³/mol. The zero-order chi connectivity index (χ0) is 21.3. The quantitative estimate of drug-likeness (QED) is 0.391. The van der Waals surface area contributed by atoms with Crippen molar-refractivity contribution < 1.29 is 14.3 Å². The van der Waals surface area contributed by atoms with Crippen LogP contribution in [0.25, 0.3) is 0 Å². The molecule has 3 aromatic rings. The van der Waals surface area contributed by atoms with E-state index < -0.39 is 0 Å². The Morgan fingerprint density at radius 3 is 2.57 bits per heavy atom. The molecule has 0 unspecified atom stereocenters. The Labute approximate surface area is 181 Å². The second-order valence-corrected chi connectivity index (χ2v) is 7.00. The number of hydrogen-bond donors (Lipinski definition) is 1. The smallest absolute Gasteiger partial charge is 0.272 e. The summed E-state index contributed by atoms with van der Waals surface area (Å²) in [5.74, 6) is 0.891. The lowest BCUT2D eigenvalue weighted by Gasteiger charge is -2.12. The summed E-state index contributed by atoms with van der Waals surface area (Å²) in [5, 5.41) is 4.42. The third-order valence-corrected chi connectivity index (χ3v) is 4.57. The van der Waals surface area contributed by atoms with Crippen LogP contribution in [0.3, 0.4) is 0 Å². The summed E-state index contributed by atoms with van der Waals surface area (Å²) in [4.78, 5) is 12.3. The number of carbonyl (C=O) groups is 1. The lowest BCUT2D eigenvalue weighted by atomic mass is 10.1. The van der Waals surface area contributed by atoms with Crippen LogP contribution in [0.4, 0.5) is 0 Å². The van der Waals surface area contributed by atoms with Crippen LogP contribution in [-0.4, -0.2) is 18.7 Å². The first-order valence-electron chi connectivity index (χ1n) is 9.60. The number of carbonyl (C=O) groups excluding carboxylic acids is 1. The summed E-state index contributed by atoms with van der Waals surface area (Å²) in [6.07, 6.45) is 1.55. The molecule has 154 valence electrons. The van der Waals surface area contributed by atoms with E-state index in [0.717, 1.165) is 16.7 Å². The van der Waals surface area contributed by atoms with Gasteiger partial charge in [0, 0.05) is 0 Å². The van der Waals surface area contributed by atoms with E-state index in [2.05, 4.69) is 10.5 Å². The molecule has 0 radical (unpaired) electrons. The minimum atomic E-state index is -0.371. The van der Waals surface area contributed by atoms with Crippen LogP contribution >= 0.6 is 11.6 Å². The van der Waals surface area contributed by atoms with Crippen LogP contribution in [0.2, 0.25) is 5.02 Å². The number of ether oxygens (including phenoxy) is 2. The molecule has 0 aromatic heterocycles. The summed E-state index contributed by atoms with van der Waals surface area (Å²) < 4.78 is 11.6. The first kappa shape index (κ1) is 21.4. The molecule has 0 spiro atoms. The normalized spacial score (nSPS) is 10.8. The van der Waals surface area contributed by atoms with Crippen molar-refractivity contribution in [1.82, 2.24) is 5.43 Å². The topological polar surface area (TPSA) is 59.9 Å². The van der Waals surface area contributed by atoms with Crippen LogP contribution in [0, 0.1) is 6.92 Å². The number of nitrogens with one attached hydrogen (secondary N) is 1. The third-order valence-electron chi connectivity index (χ3n) is 4.25. The van der Waals surface area contributed by atoms with Gasteiger partial charge in [-0.1, -0.05) is 48.0 Å². The molecule has 1 N–H and O–H groups in total. The SMILES string of the molecule is CCOc1cc(/C=N\NC(=O)c2ccc(C)cc2Cl)ccc1OCc1ccccc1. The Kier molecular flexibility index (Phi) is 7.46. The molecule has 5 nitrogen and oxygen atoms in total. The molecule has 3 aromatic carbocycles. The lowest BCUT2D eigenvalue weighted by molar-refractivity contribution is 0.0955. The van der Waals surface area contributed by atoms with Gasteiger partial charge in [0.15, 0.2) is 11.5 Å². The van der Waals surface area contributed by atoms with Crippen molar-refractivity contribution in [2.75, 3.05) is 6.61 Å². The van der Waals surface area contributed by atoms with Crippen molar-refractivity contribution >= 4 is 23.7 Å². The molecule has 0 saturated heterocycles. The number of hydrazone groups is 1. The molecule has 0 aliphatic heterocycles. The van der Waals surface area contributed by atoms with Crippen molar-refractivity contribution in [3.05, 3.63) is 94.0 Å². The van der Waals surface area contributed by atoms with Crippen LogP contribution in [0.15, 0.2) is 71.8 Å². The number of amides is 1. The largest absolute Gasteiger partial charge is 0.490 e. The minimum Gasteiger partial charge on any atom is -0.490 e. The van der Waals surface area contributed by atoms with Crippen molar-refractivity contribution in [3.8, 4) is 11.5 Å². The summed E-state index contributed by atoms with van der Waals surface area (Å²) in [7, 11) is 0. The van der Waals surface area contributed by atoms with E-state index in [-0.39, 0.29) is 5.91 Å². The van der Waals surface area contributed by atoms with Crippen molar-refractivity contribution in [1.29, 1.82) is 0 Å². The monoisotopic (exact) mass is 422 g/mol. The minimum absolute atomic E-state index is 0.371. The molecule has 6 heteroatoms. The second kappa shape index (κ2) is 10.5. The summed E-state index contributed by atoms with van der Waals surface area (Å²) in [5.41, 5.74) is 5.69. The molecule has 0 bridgehead atoms. The molecular formula is C24H23ClN2O3. The van der Waals surface area contributed by atoms with Crippen LogP contribution in [0.1, 0.15) is 34.0 Å². The van der Waals surface area contributed by atoms with Gasteiger partial charge in [0.25, 0.3) is 5.91 Å². The van der Waals surface area contributed by atoms with Gasteiger partial charge in [-0.15, -0.1) is 0 Å². The summed E-state index contributed by atoms with van der Waals surface area (Å²) >= 11 is 6.12. The van der Waals surface area contributed by atoms with Crippen molar-refractivity contribution in [3.63, 3.8) is 0 Å². The Bertz CT molecular complexity index is 1040. The first-order valence-corrected chi connectivity index (χ1v) is 9.97. The lowest BCUT2D eigenvalue weighted by Crippen LogP contribution is -2.18. The highest BCUT2D eigenvalue weighted by molar-refractivity contribution is 6.33. The highest BCUT2D eigenvalue weighted by Gasteiger charge is 2.10. The molecule has 0 atom stereocenters. The fourth-order valence-corrected chi connectivity index (χ4v) is 3.08. The highest BCUT2D eigenvalue weighted by Crippen LogP contribution is 2.29. The Balaban J connectivity index is 1.66. The van der Waals surface area contributed by atoms with E-state index in [1.807, 2.05) is 68.4 Å². The molecule has 0 aliphatic rings. The second-order valence-electron chi connectivity index (χ2n) is 6.60. The fourth-order valence-electron chi connectivity index (χ4n) is 2.76. The van der Waals surface area contributed by atoms with Crippen LogP contribution in [0.5, 0.6) is 11.5 Å². The third kappa shape index (κ3) is 5.84. The molecule has 0 fully saturated rings. The Morgan fingerprint density at radius 2 is 1.83 bits per heavy atom. The maximum Gasteiger partial charge on any atom is 0.272 e. The van der Waals surface area contributed by atoms with Crippen LogP contribution < -0.4 is 14.9 Å². The van der Waals surface area contributed by atoms with E-state index in [4.69, 9.17) is 21.1 Å². The summed E-state index contributed by atoms with van der Waals surface area (Å²) in [6.45, 7) is 4.77. The average molecular weight is 423 g/mol. The van der Waals surface area contributed by atoms with Crippen molar-refractivity contribution in [2.24, 2.45) is 5.10 Å². The number of rotatable bonds is 8. The van der Waals surface area contributed by atoms with E-state index in [0.29, 0.717) is 35.3 Å². The standard InChI is InChI=1S/C24H23ClN2O3/c1-3-29-23-14-19(10-12-22(23)30-16-18-7-5-4-6-8-18)15-26-27-24(28)20-11-9-17(2)13-21(20)25/h4-15H,3,16H2,1-2H3,(H,27,28)/b26-15-. The molecule has 0 heterocycles. The Hall–Kier alpha value is -3.31. The maximum absolute atomic E-state index is 12.3. The molecule has 0 aliphatic carbocycles. The maximum atomic E-state index is 12.3. The van der Waals surface area contributed by atoms with Gasteiger partial charge in [0.2, 0.25) is 0 Å². The molecule has 1 amide bonds. The van der Waals surface area contributed by atoms with E-state index in [1.165, 1.54) is 0 Å². The molecular weight excluding hydrogens is 400 g/mol. The fraction of sp³-hybridized carbons (Fsp3) is 0.167. The number of benzene rings is 3. The van der Waals surface area contributed by atoms with E-state index >= 15 is 0 Å². The van der Waals surface area contributed by atoms with Gasteiger partial charge in [-0.2, -0.15) is 5.10 Å². The molecule has 3 rings (SSSR count). The van der Waals surface area contributed by atoms with Gasteiger partial charge in [-0.05, 0) is 60.9 Å². The zero-order valence-corrected chi connectivity index (χ0v) is 17.6. The molecule has 0 saturated carbocycles. The van der Waals surface area contributed by atoms with Gasteiger partial charge in [0.05, 0.1) is 23.4 Å². The predicted octanol–water partition coefficient (Wildman–Crippen LogP) is 5.39. The zero-order valence-electron chi connectivity index (χ0n) is 16.9. The number of nitrogens with zero attached hydrogens (tertiary/aromatic N) is 1. The van der Waals surface area contributed by atoms with E-state index in [1.54, 1.807) is 18.3 Å². The average Bonchev–Trinajstić information content (AvgIpc) is 2.74. The molecule has 30 heavy (non-hydrogen) atoms. The van der Waals surface area contributed by atoms with Gasteiger partial charge < -0.3 is 9.47 Å². The number of halogens is 1. The van der Waals surface area contributed by atoms with Crippen LogP contribution in [-0.2, 0) is 6.61 Å². The van der Waals surface area contributed by atoms with E-state index in [9.17, 15) is 4.79 Å².